The van der Waals surface area contributed by atoms with Crippen LogP contribution in [0, 0.1) is 5.41 Å². The summed E-state index contributed by atoms with van der Waals surface area (Å²) in [6.45, 7) is 10.8. The van der Waals surface area contributed by atoms with Gasteiger partial charge in [0.15, 0.2) is 10.9 Å². The zero-order valence-electron chi connectivity index (χ0n) is 19.7. The highest BCUT2D eigenvalue weighted by Crippen LogP contribution is 2.34. The zero-order valence-corrected chi connectivity index (χ0v) is 20.6. The fourth-order valence-electron chi connectivity index (χ4n) is 2.76. The maximum Gasteiger partial charge on any atom is 0.308 e. The Morgan fingerprint density at radius 1 is 1.06 bits per heavy atom. The largest absolute Gasteiger partial charge is 0.434 e. The number of rotatable bonds is 11. The van der Waals surface area contributed by atoms with Gasteiger partial charge in [-0.05, 0) is 13.8 Å². The van der Waals surface area contributed by atoms with E-state index in [1.165, 1.54) is 13.8 Å². The summed E-state index contributed by atoms with van der Waals surface area (Å²) in [6, 6.07) is 0. The molecule has 2 amide bonds. The third-order valence-corrected chi connectivity index (χ3v) is 5.31. The number of nitrogens with one attached hydrogen (secondary N) is 2. The van der Waals surface area contributed by atoms with Gasteiger partial charge < -0.3 is 30.0 Å². The highest BCUT2D eigenvalue weighted by atomic mass is 32.2. The first-order valence-corrected chi connectivity index (χ1v) is 11.6. The second-order valence-electron chi connectivity index (χ2n) is 9.21. The molecule has 1 atom stereocenters. The molecule has 184 valence electrons. The summed E-state index contributed by atoms with van der Waals surface area (Å²) in [4.78, 5) is 47.6. The maximum atomic E-state index is 12.5. The lowest BCUT2D eigenvalue weighted by atomic mass is 9.85. The molecule has 32 heavy (non-hydrogen) atoms. The minimum atomic E-state index is -1.57. The first kappa shape index (κ1) is 28.3. The molecule has 0 aromatic carbocycles. The van der Waals surface area contributed by atoms with Gasteiger partial charge in [-0.15, -0.1) is 0 Å². The summed E-state index contributed by atoms with van der Waals surface area (Å²) in [6.07, 6.45) is -0.717. The molecule has 0 bridgehead atoms. The van der Waals surface area contributed by atoms with Crippen molar-refractivity contribution in [1.29, 1.82) is 0 Å². The molecular weight excluding hydrogens is 440 g/mol. The van der Waals surface area contributed by atoms with Crippen molar-refractivity contribution >= 4 is 34.7 Å². The van der Waals surface area contributed by atoms with Gasteiger partial charge in [-0.3, -0.25) is 19.2 Å². The highest BCUT2D eigenvalue weighted by molar-refractivity contribution is 8.13. The lowest BCUT2D eigenvalue weighted by Crippen LogP contribution is -2.56. The molecule has 0 radical (unpaired) electrons. The third kappa shape index (κ3) is 11.3. The van der Waals surface area contributed by atoms with Crippen molar-refractivity contribution < 1.29 is 38.5 Å². The average Bonchev–Trinajstić information content (AvgIpc) is 2.64. The van der Waals surface area contributed by atoms with E-state index in [0.717, 1.165) is 11.8 Å². The Hall–Kier alpha value is -1.69. The molecule has 1 fully saturated rings. The summed E-state index contributed by atoms with van der Waals surface area (Å²) in [5.74, 6) is -3.25. The first-order chi connectivity index (χ1) is 14.6. The standard InChI is InChI=1S/C21H36N2O8S/c1-19(2)13-29-21(5,6)31-17(19)18(27)23-10-9-14(24)22-11-12-32-16(26)8-7-15(25)30-20(3,4)28/h17,28H,7-13H2,1-6H3,(H,22,24)(H,23,27). The van der Waals surface area contributed by atoms with E-state index in [-0.39, 0.29) is 49.3 Å². The van der Waals surface area contributed by atoms with E-state index in [2.05, 4.69) is 10.6 Å². The number of thioether (sulfide) groups is 1. The molecule has 1 saturated heterocycles. The number of carbonyl (C=O) groups is 4. The summed E-state index contributed by atoms with van der Waals surface area (Å²) in [7, 11) is 0. The second kappa shape index (κ2) is 12.0. The number of hydrogen-bond donors (Lipinski definition) is 3. The van der Waals surface area contributed by atoms with E-state index in [0.29, 0.717) is 12.4 Å². The van der Waals surface area contributed by atoms with Crippen LogP contribution in [-0.2, 0) is 33.4 Å². The molecule has 0 spiro atoms. The van der Waals surface area contributed by atoms with Gasteiger partial charge in [-0.25, -0.2) is 0 Å². The number of esters is 1. The van der Waals surface area contributed by atoms with Crippen LogP contribution in [0.15, 0.2) is 0 Å². The molecule has 1 aliphatic heterocycles. The van der Waals surface area contributed by atoms with Gasteiger partial charge >= 0.3 is 5.97 Å². The van der Waals surface area contributed by atoms with Gasteiger partial charge in [0.2, 0.25) is 17.6 Å². The number of amides is 2. The highest BCUT2D eigenvalue weighted by Gasteiger charge is 2.45. The van der Waals surface area contributed by atoms with Crippen molar-refractivity contribution in [1.82, 2.24) is 10.6 Å². The van der Waals surface area contributed by atoms with E-state index in [4.69, 9.17) is 14.2 Å². The van der Waals surface area contributed by atoms with E-state index < -0.39 is 29.1 Å². The van der Waals surface area contributed by atoms with E-state index in [9.17, 15) is 24.3 Å². The maximum absolute atomic E-state index is 12.5. The lowest BCUT2D eigenvalue weighted by molar-refractivity contribution is -0.304. The van der Waals surface area contributed by atoms with Crippen LogP contribution in [0.25, 0.3) is 0 Å². The Kier molecular flexibility index (Phi) is 10.6. The van der Waals surface area contributed by atoms with Crippen molar-refractivity contribution in [3.05, 3.63) is 0 Å². The van der Waals surface area contributed by atoms with E-state index >= 15 is 0 Å². The van der Waals surface area contributed by atoms with Crippen LogP contribution in [-0.4, -0.2) is 71.1 Å². The molecule has 0 aromatic heterocycles. The van der Waals surface area contributed by atoms with Crippen molar-refractivity contribution in [2.75, 3.05) is 25.4 Å². The zero-order chi connectivity index (χ0) is 24.6. The third-order valence-electron chi connectivity index (χ3n) is 4.38. The second-order valence-corrected chi connectivity index (χ2v) is 10.4. The van der Waals surface area contributed by atoms with Crippen LogP contribution in [0.5, 0.6) is 0 Å². The first-order valence-electron chi connectivity index (χ1n) is 10.6. The molecule has 10 nitrogen and oxygen atoms in total. The van der Waals surface area contributed by atoms with Crippen LogP contribution in [0.4, 0.5) is 0 Å². The lowest BCUT2D eigenvalue weighted by Gasteiger charge is -2.44. The van der Waals surface area contributed by atoms with Gasteiger partial charge in [0.25, 0.3) is 0 Å². The monoisotopic (exact) mass is 476 g/mol. The van der Waals surface area contributed by atoms with Crippen LogP contribution in [0.2, 0.25) is 0 Å². The van der Waals surface area contributed by atoms with Gasteiger partial charge in [-0.2, -0.15) is 0 Å². The van der Waals surface area contributed by atoms with Crippen LogP contribution >= 0.6 is 11.8 Å². The molecule has 1 aliphatic rings. The number of ether oxygens (including phenoxy) is 3. The van der Waals surface area contributed by atoms with Crippen LogP contribution < -0.4 is 10.6 Å². The summed E-state index contributed by atoms with van der Waals surface area (Å²) in [5.41, 5.74) is -0.489. The smallest absolute Gasteiger partial charge is 0.308 e. The predicted molar refractivity (Wildman–Crippen MR) is 118 cm³/mol. The Morgan fingerprint density at radius 2 is 1.72 bits per heavy atom. The molecule has 11 heteroatoms. The van der Waals surface area contributed by atoms with Gasteiger partial charge in [0, 0.05) is 50.9 Å². The van der Waals surface area contributed by atoms with E-state index in [1.807, 2.05) is 13.8 Å². The minimum absolute atomic E-state index is 0.0129. The number of hydrogen-bond acceptors (Lipinski definition) is 9. The van der Waals surface area contributed by atoms with Crippen LogP contribution in [0.1, 0.15) is 60.8 Å². The van der Waals surface area contributed by atoms with Crippen molar-refractivity contribution in [2.24, 2.45) is 5.41 Å². The van der Waals surface area contributed by atoms with Crippen molar-refractivity contribution in [2.45, 2.75) is 78.5 Å². The summed E-state index contributed by atoms with van der Waals surface area (Å²) in [5, 5.41) is 14.6. The summed E-state index contributed by atoms with van der Waals surface area (Å²) < 4.78 is 16.1. The molecule has 1 heterocycles. The normalized spacial score (nSPS) is 19.7. The van der Waals surface area contributed by atoms with Gasteiger partial charge in [0.1, 0.15) is 6.10 Å². The number of aliphatic hydroxyl groups is 1. The van der Waals surface area contributed by atoms with Gasteiger partial charge in [-0.1, -0.05) is 25.6 Å². The molecule has 0 aliphatic carbocycles. The average molecular weight is 477 g/mol. The molecular formula is C21H36N2O8S. The Labute approximate surface area is 193 Å². The Bertz CT molecular complexity index is 688. The fraction of sp³-hybridized carbons (Fsp3) is 0.810. The van der Waals surface area contributed by atoms with Crippen LogP contribution in [0.3, 0.4) is 0 Å². The SMILES string of the molecule is CC(C)(O)OC(=O)CCC(=O)SCCNC(=O)CCNC(=O)C1OC(C)(C)OCC1(C)C. The Balaban J connectivity index is 2.19. The molecule has 3 N–H and O–H groups in total. The molecule has 0 saturated carbocycles. The predicted octanol–water partition coefficient (Wildman–Crippen LogP) is 1.10. The minimum Gasteiger partial charge on any atom is -0.434 e. The fourth-order valence-corrected chi connectivity index (χ4v) is 3.44. The molecule has 0 aromatic rings. The van der Waals surface area contributed by atoms with Crippen molar-refractivity contribution in [3.63, 3.8) is 0 Å². The molecule has 1 unspecified atom stereocenters. The Morgan fingerprint density at radius 3 is 2.34 bits per heavy atom. The van der Waals surface area contributed by atoms with Gasteiger partial charge in [0.05, 0.1) is 13.0 Å². The van der Waals surface area contributed by atoms with Crippen molar-refractivity contribution in [3.8, 4) is 0 Å². The number of carbonyl (C=O) groups excluding carboxylic acids is 4. The summed E-state index contributed by atoms with van der Waals surface area (Å²) >= 11 is 1.00. The molecule has 1 rings (SSSR count). The van der Waals surface area contributed by atoms with E-state index in [1.54, 1.807) is 13.8 Å². The topological polar surface area (TPSA) is 140 Å². The quantitative estimate of drug-likeness (QED) is 0.227.